The van der Waals surface area contributed by atoms with Gasteiger partial charge in [-0.2, -0.15) is 18.3 Å². The summed E-state index contributed by atoms with van der Waals surface area (Å²) in [6, 6.07) is 8.53. The predicted octanol–water partition coefficient (Wildman–Crippen LogP) is 3.56. The highest BCUT2D eigenvalue weighted by Gasteiger charge is 2.29. The number of anilines is 1. The van der Waals surface area contributed by atoms with E-state index in [0.717, 1.165) is 12.1 Å². The van der Waals surface area contributed by atoms with Gasteiger partial charge in [-0.25, -0.2) is 0 Å². The Morgan fingerprint density at radius 3 is 2.19 bits per heavy atom. The first kappa shape index (κ1) is 14.7. The van der Waals surface area contributed by atoms with Crippen molar-refractivity contribution in [2.24, 2.45) is 5.10 Å². The summed E-state index contributed by atoms with van der Waals surface area (Å²) in [6.07, 6.45) is -3.01. The van der Waals surface area contributed by atoms with Gasteiger partial charge in [0.15, 0.2) is 11.5 Å². The van der Waals surface area contributed by atoms with Gasteiger partial charge in [-0.3, -0.25) is 5.43 Å². The number of aromatic hydroxyl groups is 2. The Balaban J connectivity index is 2.02. The van der Waals surface area contributed by atoms with E-state index in [0.29, 0.717) is 11.3 Å². The molecule has 21 heavy (non-hydrogen) atoms. The largest absolute Gasteiger partial charge is 0.504 e. The molecule has 0 unspecified atom stereocenters. The van der Waals surface area contributed by atoms with Crippen LogP contribution in [0.25, 0.3) is 0 Å². The Morgan fingerprint density at radius 2 is 1.62 bits per heavy atom. The number of nitrogens with one attached hydrogen (secondary N) is 1. The van der Waals surface area contributed by atoms with Gasteiger partial charge in [0.05, 0.1) is 17.5 Å². The quantitative estimate of drug-likeness (QED) is 0.461. The van der Waals surface area contributed by atoms with E-state index in [-0.39, 0.29) is 11.5 Å². The maximum Gasteiger partial charge on any atom is 0.416 e. The molecule has 0 aliphatic rings. The van der Waals surface area contributed by atoms with Crippen molar-refractivity contribution < 1.29 is 23.4 Å². The highest BCUT2D eigenvalue weighted by Crippen LogP contribution is 2.29. The first-order chi connectivity index (χ1) is 9.86. The van der Waals surface area contributed by atoms with E-state index in [9.17, 15) is 18.3 Å². The molecule has 0 saturated carbocycles. The first-order valence-corrected chi connectivity index (χ1v) is 5.84. The van der Waals surface area contributed by atoms with Crippen LogP contribution < -0.4 is 5.43 Å². The summed E-state index contributed by atoms with van der Waals surface area (Å²) >= 11 is 0. The molecular weight excluding hydrogens is 285 g/mol. The van der Waals surface area contributed by atoms with Crippen molar-refractivity contribution in [3.8, 4) is 11.5 Å². The van der Waals surface area contributed by atoms with E-state index >= 15 is 0 Å². The van der Waals surface area contributed by atoms with Crippen molar-refractivity contribution in [1.29, 1.82) is 0 Å². The first-order valence-electron chi connectivity index (χ1n) is 5.84. The molecule has 0 bridgehead atoms. The average Bonchev–Trinajstić information content (AvgIpc) is 2.42. The summed E-state index contributed by atoms with van der Waals surface area (Å²) in [4.78, 5) is 0. The highest BCUT2D eigenvalue weighted by atomic mass is 19.4. The molecule has 2 aromatic rings. The second-order valence-electron chi connectivity index (χ2n) is 4.19. The van der Waals surface area contributed by atoms with Gasteiger partial charge in [0.2, 0.25) is 0 Å². The number of nitrogens with zero attached hydrogens (tertiary/aromatic N) is 1. The van der Waals surface area contributed by atoms with E-state index in [1.54, 1.807) is 0 Å². The van der Waals surface area contributed by atoms with Gasteiger partial charge in [0.25, 0.3) is 0 Å². The van der Waals surface area contributed by atoms with Crippen LogP contribution in [0.1, 0.15) is 11.1 Å². The fourth-order valence-corrected chi connectivity index (χ4v) is 1.54. The molecule has 0 fully saturated rings. The van der Waals surface area contributed by atoms with Crippen LogP contribution in [-0.2, 0) is 6.18 Å². The number of phenolic OH excluding ortho intramolecular Hbond substituents is 2. The van der Waals surface area contributed by atoms with E-state index in [1.165, 1.54) is 36.5 Å². The number of alkyl halides is 3. The Labute approximate surface area is 118 Å². The van der Waals surface area contributed by atoms with Crippen LogP contribution in [0, 0.1) is 0 Å². The van der Waals surface area contributed by atoms with Crippen LogP contribution in [0.2, 0.25) is 0 Å². The van der Waals surface area contributed by atoms with Crippen molar-refractivity contribution in [3.05, 3.63) is 53.6 Å². The second kappa shape index (κ2) is 5.74. The lowest BCUT2D eigenvalue weighted by Crippen LogP contribution is -2.04. The standard InChI is InChI=1S/C14H11F3N2O2/c15-14(16,17)10-2-4-11(5-3-10)19-18-8-9-1-6-12(20)13(21)7-9/h1-8,19-21H. The monoisotopic (exact) mass is 296 g/mol. The fourth-order valence-electron chi connectivity index (χ4n) is 1.54. The molecule has 2 aromatic carbocycles. The zero-order valence-corrected chi connectivity index (χ0v) is 10.6. The summed E-state index contributed by atoms with van der Waals surface area (Å²) in [6.45, 7) is 0. The van der Waals surface area contributed by atoms with E-state index in [4.69, 9.17) is 5.11 Å². The minimum absolute atomic E-state index is 0.247. The van der Waals surface area contributed by atoms with Gasteiger partial charge in [0, 0.05) is 0 Å². The zero-order valence-electron chi connectivity index (χ0n) is 10.6. The molecule has 0 aliphatic heterocycles. The number of hydrogen-bond donors (Lipinski definition) is 3. The van der Waals surface area contributed by atoms with Crippen LogP contribution >= 0.6 is 0 Å². The molecule has 0 aliphatic carbocycles. The molecule has 0 amide bonds. The van der Waals surface area contributed by atoms with Crippen LogP contribution in [-0.4, -0.2) is 16.4 Å². The van der Waals surface area contributed by atoms with Crippen LogP contribution in [0.5, 0.6) is 11.5 Å². The molecule has 0 atom stereocenters. The lowest BCUT2D eigenvalue weighted by Gasteiger charge is -2.07. The minimum atomic E-state index is -4.37. The number of halogens is 3. The summed E-state index contributed by atoms with van der Waals surface area (Å²) < 4.78 is 37.1. The summed E-state index contributed by atoms with van der Waals surface area (Å²) in [5.41, 5.74) is 2.74. The van der Waals surface area contributed by atoms with Gasteiger partial charge in [-0.05, 0) is 48.0 Å². The molecule has 0 radical (unpaired) electrons. The van der Waals surface area contributed by atoms with Gasteiger partial charge in [-0.1, -0.05) is 0 Å². The number of hydrogen-bond acceptors (Lipinski definition) is 4. The second-order valence-corrected chi connectivity index (χ2v) is 4.19. The van der Waals surface area contributed by atoms with E-state index < -0.39 is 11.7 Å². The molecule has 110 valence electrons. The molecule has 4 nitrogen and oxygen atoms in total. The Morgan fingerprint density at radius 1 is 0.952 bits per heavy atom. The maximum absolute atomic E-state index is 12.4. The maximum atomic E-state index is 12.4. The topological polar surface area (TPSA) is 64.9 Å². The summed E-state index contributed by atoms with van der Waals surface area (Å²) in [7, 11) is 0. The van der Waals surface area contributed by atoms with Gasteiger partial charge < -0.3 is 10.2 Å². The van der Waals surface area contributed by atoms with Crippen molar-refractivity contribution in [3.63, 3.8) is 0 Å². The smallest absolute Gasteiger partial charge is 0.416 e. The number of benzene rings is 2. The number of rotatable bonds is 3. The number of hydrazone groups is 1. The lowest BCUT2D eigenvalue weighted by molar-refractivity contribution is -0.137. The van der Waals surface area contributed by atoms with Gasteiger partial charge >= 0.3 is 6.18 Å². The third-order valence-corrected chi connectivity index (χ3v) is 2.62. The van der Waals surface area contributed by atoms with Crippen molar-refractivity contribution in [1.82, 2.24) is 0 Å². The van der Waals surface area contributed by atoms with Crippen LogP contribution in [0.15, 0.2) is 47.6 Å². The van der Waals surface area contributed by atoms with Crippen molar-refractivity contribution in [2.75, 3.05) is 5.43 Å². The summed E-state index contributed by atoms with van der Waals surface area (Å²) in [5.74, 6) is -0.531. The fraction of sp³-hybridized carbons (Fsp3) is 0.0714. The molecule has 2 rings (SSSR count). The van der Waals surface area contributed by atoms with Crippen molar-refractivity contribution >= 4 is 11.9 Å². The predicted molar refractivity (Wildman–Crippen MR) is 72.4 cm³/mol. The Hall–Kier alpha value is -2.70. The lowest BCUT2D eigenvalue weighted by atomic mass is 10.2. The minimum Gasteiger partial charge on any atom is -0.504 e. The van der Waals surface area contributed by atoms with Gasteiger partial charge in [0.1, 0.15) is 0 Å². The molecule has 0 saturated heterocycles. The van der Waals surface area contributed by atoms with Crippen LogP contribution in [0.3, 0.4) is 0 Å². The molecular formula is C14H11F3N2O2. The average molecular weight is 296 g/mol. The third-order valence-electron chi connectivity index (χ3n) is 2.62. The molecule has 0 spiro atoms. The molecule has 0 heterocycles. The normalized spacial score (nSPS) is 11.8. The summed E-state index contributed by atoms with van der Waals surface area (Å²) in [5, 5.41) is 22.2. The molecule has 3 N–H and O–H groups in total. The van der Waals surface area contributed by atoms with Crippen molar-refractivity contribution in [2.45, 2.75) is 6.18 Å². The van der Waals surface area contributed by atoms with E-state index in [1.807, 2.05) is 0 Å². The molecule has 7 heteroatoms. The third kappa shape index (κ3) is 3.88. The zero-order chi connectivity index (χ0) is 15.5. The number of phenols is 2. The Bertz CT molecular complexity index is 652. The van der Waals surface area contributed by atoms with Gasteiger partial charge in [-0.15, -0.1) is 0 Å². The van der Waals surface area contributed by atoms with Crippen LogP contribution in [0.4, 0.5) is 18.9 Å². The molecule has 0 aromatic heterocycles. The van der Waals surface area contributed by atoms with E-state index in [2.05, 4.69) is 10.5 Å². The Kier molecular flexibility index (Phi) is 4.02. The highest BCUT2D eigenvalue weighted by molar-refractivity contribution is 5.81. The SMILES string of the molecule is Oc1ccc(C=NNc2ccc(C(F)(F)F)cc2)cc1O.